The van der Waals surface area contributed by atoms with Gasteiger partial charge in [-0.3, -0.25) is 9.59 Å². The molecule has 2 saturated heterocycles. The largest absolute Gasteiger partial charge is 0.484 e. The number of anilines is 4. The van der Waals surface area contributed by atoms with Crippen molar-refractivity contribution in [3.05, 3.63) is 81.3 Å². The van der Waals surface area contributed by atoms with E-state index in [-0.39, 0.29) is 25.0 Å². The summed E-state index contributed by atoms with van der Waals surface area (Å²) >= 11 is 6.72. The molecule has 2 amide bonds. The van der Waals surface area contributed by atoms with E-state index in [1.165, 1.54) is 12.4 Å². The number of benzene rings is 2. The van der Waals surface area contributed by atoms with Gasteiger partial charge < -0.3 is 40.1 Å². The van der Waals surface area contributed by atoms with Gasteiger partial charge in [-0.2, -0.15) is 9.97 Å². The minimum absolute atomic E-state index is 0.126. The summed E-state index contributed by atoms with van der Waals surface area (Å²) in [5, 5.41) is 8.72. The number of nitrogens with one attached hydrogen (secondary N) is 3. The molecular weight excluding hydrogens is 900 g/mol. The van der Waals surface area contributed by atoms with E-state index >= 15 is 0 Å². The molecular formula is C40H44Br2N14O4. The minimum atomic E-state index is -0.322. The summed E-state index contributed by atoms with van der Waals surface area (Å²) in [5.74, 6) is 2.59. The van der Waals surface area contributed by atoms with Crippen molar-refractivity contribution in [2.75, 3.05) is 93.1 Å². The standard InChI is InChI=1S/C21H24BrN7O2.C19H20BrN7O2/c1-14-19-20(27-21(24-14)29-9-3-8-28(2)10-11-29)23-12-17(26-19)25-18(30)13-31-16-6-4-15(22)5-7-16;1-12-17-18(26-19(23-12)27-8-6-21-7-9-27)22-10-15(25-17)24-16(28)11-29-14-4-2-13(20)3-5-14/h4-7,12H,3,8-11,13H2,1-2H3,(H,25,26,30);2-5,10,21H,6-9,11H2,1H3,(H,24,25,28). The van der Waals surface area contributed by atoms with Gasteiger partial charge in [0.05, 0.1) is 23.8 Å². The van der Waals surface area contributed by atoms with Gasteiger partial charge in [-0.05, 0) is 82.4 Å². The van der Waals surface area contributed by atoms with Crippen molar-refractivity contribution in [3.63, 3.8) is 0 Å². The smallest absolute Gasteiger partial charge is 0.263 e. The molecule has 8 rings (SSSR count). The Morgan fingerprint density at radius 2 is 1.10 bits per heavy atom. The minimum Gasteiger partial charge on any atom is -0.484 e. The number of halogens is 2. The third-order valence-corrected chi connectivity index (χ3v) is 10.5. The quantitative estimate of drug-likeness (QED) is 0.172. The van der Waals surface area contributed by atoms with E-state index in [1.807, 2.05) is 38.1 Å². The first-order valence-electron chi connectivity index (χ1n) is 19.3. The number of carbonyl (C=O) groups is 2. The monoisotopic (exact) mass is 942 g/mol. The Labute approximate surface area is 363 Å². The summed E-state index contributed by atoms with van der Waals surface area (Å²) < 4.78 is 12.9. The Morgan fingerprint density at radius 3 is 1.58 bits per heavy atom. The van der Waals surface area contributed by atoms with Gasteiger partial charge in [-0.15, -0.1) is 0 Å². The highest BCUT2D eigenvalue weighted by Crippen LogP contribution is 2.21. The SMILES string of the molecule is Cc1nc(N2CCCN(C)CC2)nc2ncc(NC(=O)COc3ccc(Br)cc3)nc12.Cc1nc(N2CCNCC2)nc2ncc(NC(=O)COc3ccc(Br)cc3)nc12. The molecule has 2 aliphatic heterocycles. The van der Waals surface area contributed by atoms with Gasteiger partial charge >= 0.3 is 0 Å². The van der Waals surface area contributed by atoms with E-state index in [1.54, 1.807) is 24.3 Å². The topological polar surface area (TPSA) is 202 Å². The van der Waals surface area contributed by atoms with Crippen LogP contribution in [0.25, 0.3) is 22.3 Å². The fourth-order valence-corrected chi connectivity index (χ4v) is 6.82. The van der Waals surface area contributed by atoms with Crippen LogP contribution in [0.4, 0.5) is 23.5 Å². The molecule has 60 heavy (non-hydrogen) atoms. The first-order valence-corrected chi connectivity index (χ1v) is 20.9. The molecule has 0 radical (unpaired) electrons. The first kappa shape index (κ1) is 42.4. The highest BCUT2D eigenvalue weighted by atomic mass is 79.9. The molecule has 18 nitrogen and oxygen atoms in total. The van der Waals surface area contributed by atoms with Gasteiger partial charge in [-0.25, -0.2) is 29.9 Å². The van der Waals surface area contributed by atoms with Crippen LogP contribution < -0.4 is 35.2 Å². The zero-order valence-electron chi connectivity index (χ0n) is 33.4. The summed E-state index contributed by atoms with van der Waals surface area (Å²) in [7, 11) is 2.13. The number of rotatable bonds is 10. The average Bonchev–Trinajstić information content (AvgIpc) is 3.48. The molecule has 2 fully saturated rings. The highest BCUT2D eigenvalue weighted by molar-refractivity contribution is 9.10. The van der Waals surface area contributed by atoms with Gasteiger partial charge in [0.1, 0.15) is 22.5 Å². The number of nitrogens with zero attached hydrogens (tertiary/aromatic N) is 11. The molecule has 0 bridgehead atoms. The van der Waals surface area contributed by atoms with Crippen LogP contribution in [0.1, 0.15) is 17.8 Å². The normalized spacial score (nSPS) is 14.6. The van der Waals surface area contributed by atoms with Crippen LogP contribution in [0.2, 0.25) is 0 Å². The summed E-state index contributed by atoms with van der Waals surface area (Å²) in [6, 6.07) is 14.5. The van der Waals surface area contributed by atoms with E-state index in [0.717, 1.165) is 79.1 Å². The second-order valence-electron chi connectivity index (χ2n) is 14.0. The van der Waals surface area contributed by atoms with Crippen molar-refractivity contribution in [1.29, 1.82) is 0 Å². The second kappa shape index (κ2) is 20.0. The van der Waals surface area contributed by atoms with Crippen LogP contribution in [0.15, 0.2) is 69.9 Å². The van der Waals surface area contributed by atoms with Crippen molar-refractivity contribution in [1.82, 2.24) is 50.1 Å². The summed E-state index contributed by atoms with van der Waals surface area (Å²) in [6.07, 6.45) is 4.07. The highest BCUT2D eigenvalue weighted by Gasteiger charge is 2.19. The second-order valence-corrected chi connectivity index (χ2v) is 15.9. The van der Waals surface area contributed by atoms with Crippen molar-refractivity contribution >= 4 is 89.5 Å². The van der Waals surface area contributed by atoms with E-state index in [2.05, 4.69) is 109 Å². The van der Waals surface area contributed by atoms with Crippen molar-refractivity contribution in [3.8, 4) is 11.5 Å². The molecule has 2 aromatic carbocycles. The number of piperazine rings is 1. The molecule has 6 heterocycles. The van der Waals surface area contributed by atoms with Crippen LogP contribution in [0.5, 0.6) is 11.5 Å². The van der Waals surface area contributed by atoms with Gasteiger partial charge in [0.2, 0.25) is 11.9 Å². The van der Waals surface area contributed by atoms with Crippen molar-refractivity contribution < 1.29 is 19.1 Å². The fraction of sp³-hybridized carbons (Fsp3) is 0.350. The van der Waals surface area contributed by atoms with Gasteiger partial charge in [-0.1, -0.05) is 31.9 Å². The Kier molecular flexibility index (Phi) is 14.2. The molecule has 0 saturated carbocycles. The molecule has 0 unspecified atom stereocenters. The Balaban J connectivity index is 0.000000182. The van der Waals surface area contributed by atoms with E-state index < -0.39 is 0 Å². The number of amides is 2. The van der Waals surface area contributed by atoms with Gasteiger partial charge in [0, 0.05) is 54.8 Å². The maximum Gasteiger partial charge on any atom is 0.263 e. The first-order chi connectivity index (χ1) is 29.1. The molecule has 4 aromatic heterocycles. The summed E-state index contributed by atoms with van der Waals surface area (Å²) in [5.41, 5.74) is 3.61. The lowest BCUT2D eigenvalue weighted by Crippen LogP contribution is -2.44. The Hall–Kier alpha value is -5.70. The molecule has 0 spiro atoms. The zero-order chi connectivity index (χ0) is 42.0. The van der Waals surface area contributed by atoms with Crippen LogP contribution in [-0.2, 0) is 9.59 Å². The van der Waals surface area contributed by atoms with E-state index in [4.69, 9.17) is 9.47 Å². The predicted molar refractivity (Wildman–Crippen MR) is 236 cm³/mol. The molecule has 312 valence electrons. The maximum absolute atomic E-state index is 12.2. The number of fused-ring (bicyclic) bond motifs is 2. The van der Waals surface area contributed by atoms with Crippen LogP contribution in [0.3, 0.4) is 0 Å². The molecule has 0 aliphatic carbocycles. The fourth-order valence-electron chi connectivity index (χ4n) is 6.29. The van der Waals surface area contributed by atoms with Crippen LogP contribution in [0, 0.1) is 13.8 Å². The lowest BCUT2D eigenvalue weighted by atomic mass is 10.3. The molecule has 20 heteroatoms. The molecule has 6 aromatic rings. The number of carbonyl (C=O) groups excluding carboxylic acids is 2. The third kappa shape index (κ3) is 11.5. The molecule has 0 atom stereocenters. The van der Waals surface area contributed by atoms with E-state index in [0.29, 0.717) is 57.4 Å². The lowest BCUT2D eigenvalue weighted by Gasteiger charge is -2.27. The van der Waals surface area contributed by atoms with Crippen LogP contribution >= 0.6 is 31.9 Å². The van der Waals surface area contributed by atoms with Gasteiger partial charge in [0.15, 0.2) is 36.1 Å². The Morgan fingerprint density at radius 1 is 0.633 bits per heavy atom. The number of ether oxygens (including phenoxy) is 2. The summed E-state index contributed by atoms with van der Waals surface area (Å²) in [4.78, 5) is 67.1. The number of hydrogen-bond donors (Lipinski definition) is 3. The third-order valence-electron chi connectivity index (χ3n) is 9.44. The Bertz CT molecular complexity index is 2440. The van der Waals surface area contributed by atoms with Crippen LogP contribution in [-0.4, -0.2) is 129 Å². The number of hydrogen-bond acceptors (Lipinski definition) is 16. The molecule has 3 N–H and O–H groups in total. The molecule has 2 aliphatic rings. The average molecular weight is 945 g/mol. The summed E-state index contributed by atoms with van der Waals surface area (Å²) in [6.45, 7) is 10.8. The van der Waals surface area contributed by atoms with Gasteiger partial charge in [0.25, 0.3) is 11.8 Å². The number of likely N-dealkylation sites (N-methyl/N-ethyl adjacent to an activating group) is 1. The van der Waals surface area contributed by atoms with Crippen molar-refractivity contribution in [2.45, 2.75) is 20.3 Å². The number of aromatic nitrogens is 8. The lowest BCUT2D eigenvalue weighted by molar-refractivity contribution is -0.118. The van der Waals surface area contributed by atoms with Crippen molar-refractivity contribution in [2.24, 2.45) is 0 Å². The number of aryl methyl sites for hydroxylation is 2. The predicted octanol–water partition coefficient (Wildman–Crippen LogP) is 4.57. The van der Waals surface area contributed by atoms with E-state index in [9.17, 15) is 9.59 Å². The maximum atomic E-state index is 12.2. The zero-order valence-corrected chi connectivity index (χ0v) is 36.5.